The van der Waals surface area contributed by atoms with Crippen LogP contribution in [0.15, 0.2) is 18.2 Å². The smallest absolute Gasteiger partial charge is 0.434 e. The number of benzene rings is 1. The molecular formula is C31H42F6N4O4. The zero-order chi connectivity index (χ0) is 32.9. The Labute approximate surface area is 259 Å². The summed E-state index contributed by atoms with van der Waals surface area (Å²) in [6.45, 7) is 10.9. The predicted octanol–water partition coefficient (Wildman–Crippen LogP) is 5.66. The Bertz CT molecular complexity index is 1240. The van der Waals surface area contributed by atoms with Gasteiger partial charge >= 0.3 is 24.4 Å². The van der Waals surface area contributed by atoms with E-state index >= 15 is 0 Å². The third kappa shape index (κ3) is 7.47. The van der Waals surface area contributed by atoms with Crippen LogP contribution < -0.4 is 4.90 Å². The first-order valence-electron chi connectivity index (χ1n) is 15.5. The fourth-order valence-corrected chi connectivity index (χ4v) is 7.47. The molecule has 1 aromatic rings. The zero-order valence-corrected chi connectivity index (χ0v) is 26.1. The highest BCUT2D eigenvalue weighted by atomic mass is 19.4. The van der Waals surface area contributed by atoms with E-state index in [1.165, 1.54) is 0 Å². The Morgan fingerprint density at radius 3 is 2.20 bits per heavy atom. The van der Waals surface area contributed by atoms with Gasteiger partial charge in [-0.05, 0) is 83.5 Å². The highest BCUT2D eigenvalue weighted by Gasteiger charge is 2.60. The molecule has 2 unspecified atom stereocenters. The number of ether oxygens (including phenoxy) is 2. The van der Waals surface area contributed by atoms with Crippen LogP contribution in [0.5, 0.6) is 0 Å². The normalized spacial score (nSPS) is 24.2. The number of likely N-dealkylation sites (tertiary alicyclic amines) is 3. The number of hydrogen-bond donors (Lipinski definition) is 0. The maximum Gasteiger partial charge on any atom is 0.434 e. The SMILES string of the molecule is Cc1ccc(CN2CCCC23CCN(C(=O)OC(C(F)(F)F)C(F)(F)F)CC3)c(N2CC3CC2CN3CC(=O)OC(C)(C)C)c1. The average Bonchev–Trinajstić information content (AvgIpc) is 3.61. The molecule has 1 amide bonds. The van der Waals surface area contributed by atoms with Crippen molar-refractivity contribution in [2.24, 2.45) is 0 Å². The van der Waals surface area contributed by atoms with Gasteiger partial charge in [0.2, 0.25) is 0 Å². The minimum Gasteiger partial charge on any atom is -0.459 e. The van der Waals surface area contributed by atoms with Crippen LogP contribution in [0, 0.1) is 6.92 Å². The molecule has 0 N–H and O–H groups in total. The van der Waals surface area contributed by atoms with Crippen LogP contribution in [0.25, 0.3) is 0 Å². The van der Waals surface area contributed by atoms with Crippen molar-refractivity contribution in [1.82, 2.24) is 14.7 Å². The molecule has 252 valence electrons. The molecular weight excluding hydrogens is 606 g/mol. The first kappa shape index (κ1) is 33.6. The van der Waals surface area contributed by atoms with Crippen molar-refractivity contribution in [2.75, 3.05) is 44.2 Å². The molecule has 2 bridgehead atoms. The minimum absolute atomic E-state index is 0.0158. The number of piperidine rings is 1. The quantitative estimate of drug-likeness (QED) is 0.292. The van der Waals surface area contributed by atoms with Gasteiger partial charge in [-0.1, -0.05) is 12.1 Å². The third-order valence-corrected chi connectivity index (χ3v) is 9.52. The van der Waals surface area contributed by atoms with Crippen LogP contribution in [-0.2, 0) is 20.8 Å². The number of aryl methyl sites for hydroxylation is 1. The van der Waals surface area contributed by atoms with Gasteiger partial charge in [0.25, 0.3) is 6.10 Å². The largest absolute Gasteiger partial charge is 0.459 e. The van der Waals surface area contributed by atoms with Crippen LogP contribution in [0.3, 0.4) is 0 Å². The van der Waals surface area contributed by atoms with Gasteiger partial charge < -0.3 is 19.3 Å². The number of carbonyl (C=O) groups excluding carboxylic acids is 2. The topological polar surface area (TPSA) is 65.6 Å². The Hall–Kier alpha value is -2.74. The summed E-state index contributed by atoms with van der Waals surface area (Å²) in [7, 11) is 0. The molecule has 14 heteroatoms. The van der Waals surface area contributed by atoms with Crippen LogP contribution >= 0.6 is 0 Å². The van der Waals surface area contributed by atoms with Gasteiger partial charge in [-0.25, -0.2) is 4.79 Å². The molecule has 4 fully saturated rings. The van der Waals surface area contributed by atoms with E-state index < -0.39 is 30.2 Å². The molecule has 1 spiro atoms. The number of carbonyl (C=O) groups is 2. The van der Waals surface area contributed by atoms with E-state index in [4.69, 9.17) is 4.74 Å². The fourth-order valence-electron chi connectivity index (χ4n) is 7.47. The molecule has 5 rings (SSSR count). The van der Waals surface area contributed by atoms with E-state index in [2.05, 4.69) is 37.6 Å². The summed E-state index contributed by atoms with van der Waals surface area (Å²) in [6.07, 6.45) is -13.7. The maximum absolute atomic E-state index is 12.9. The van der Waals surface area contributed by atoms with E-state index in [0.29, 0.717) is 19.4 Å². The molecule has 1 aromatic carbocycles. The summed E-state index contributed by atoms with van der Waals surface area (Å²) in [6, 6.07) is 6.89. The number of anilines is 1. The van der Waals surface area contributed by atoms with Crippen molar-refractivity contribution < 1.29 is 45.4 Å². The second-order valence-corrected chi connectivity index (χ2v) is 13.9. The Morgan fingerprint density at radius 2 is 1.62 bits per heavy atom. The molecule has 0 aliphatic carbocycles. The van der Waals surface area contributed by atoms with Gasteiger partial charge in [-0.2, -0.15) is 26.3 Å². The molecule has 4 heterocycles. The van der Waals surface area contributed by atoms with Gasteiger partial charge in [0, 0.05) is 56.0 Å². The summed E-state index contributed by atoms with van der Waals surface area (Å²) in [4.78, 5) is 32.8. The average molecular weight is 649 g/mol. The van der Waals surface area contributed by atoms with Crippen molar-refractivity contribution in [3.63, 3.8) is 0 Å². The molecule has 0 radical (unpaired) electrons. The third-order valence-electron chi connectivity index (χ3n) is 9.52. The van der Waals surface area contributed by atoms with Crippen molar-refractivity contribution in [3.05, 3.63) is 29.3 Å². The maximum atomic E-state index is 12.9. The van der Waals surface area contributed by atoms with Gasteiger partial charge in [0.05, 0.1) is 6.54 Å². The lowest BCUT2D eigenvalue weighted by atomic mass is 9.84. The van der Waals surface area contributed by atoms with Gasteiger partial charge in [0.1, 0.15) is 5.60 Å². The lowest BCUT2D eigenvalue weighted by Crippen LogP contribution is -2.54. The standard InChI is InChI=1S/C31H42F6N4O4/c1-20-6-7-21(24(14-20)41-18-22-15-23(41)17-39(22)19-25(42)45-28(2,3)4)16-40-11-5-8-29(40)9-12-38(13-10-29)27(43)44-26(30(32,33)34)31(35,36)37/h6-7,14,22-23,26H,5,8-13,15-19H2,1-4H3. The summed E-state index contributed by atoms with van der Waals surface area (Å²) in [5.74, 6) is -0.225. The van der Waals surface area contributed by atoms with Crippen molar-refractivity contribution in [2.45, 2.75) is 108 Å². The molecule has 2 atom stereocenters. The number of fused-ring (bicyclic) bond motifs is 2. The lowest BCUT2D eigenvalue weighted by molar-refractivity contribution is -0.308. The number of piperazine rings is 1. The predicted molar refractivity (Wildman–Crippen MR) is 154 cm³/mol. The summed E-state index contributed by atoms with van der Waals surface area (Å²) >= 11 is 0. The number of rotatable bonds is 6. The highest BCUT2D eigenvalue weighted by Crippen LogP contribution is 2.43. The number of amides is 1. The van der Waals surface area contributed by atoms with E-state index in [1.54, 1.807) is 0 Å². The number of hydrogen-bond acceptors (Lipinski definition) is 7. The molecule has 0 saturated carbocycles. The summed E-state index contributed by atoms with van der Waals surface area (Å²) in [5, 5.41) is 0. The summed E-state index contributed by atoms with van der Waals surface area (Å²) in [5.41, 5.74) is 2.58. The van der Waals surface area contributed by atoms with Gasteiger partial charge in [-0.3, -0.25) is 14.6 Å². The monoisotopic (exact) mass is 648 g/mol. The Kier molecular flexibility index (Phi) is 9.06. The van der Waals surface area contributed by atoms with Crippen LogP contribution in [0.1, 0.15) is 64.0 Å². The minimum atomic E-state index is -5.75. The first-order chi connectivity index (χ1) is 20.8. The lowest BCUT2D eigenvalue weighted by Gasteiger charge is -2.45. The van der Waals surface area contributed by atoms with Gasteiger partial charge in [-0.15, -0.1) is 0 Å². The second kappa shape index (κ2) is 12.1. The van der Waals surface area contributed by atoms with Gasteiger partial charge in [0.15, 0.2) is 0 Å². The van der Waals surface area contributed by atoms with Crippen LogP contribution in [-0.4, -0.2) is 108 Å². The van der Waals surface area contributed by atoms with Crippen LogP contribution in [0.2, 0.25) is 0 Å². The van der Waals surface area contributed by atoms with E-state index in [9.17, 15) is 35.9 Å². The molecule has 4 aliphatic heterocycles. The van der Waals surface area contributed by atoms with E-state index in [-0.39, 0.29) is 43.2 Å². The fraction of sp³-hybridized carbons (Fsp3) is 0.742. The summed E-state index contributed by atoms with van der Waals surface area (Å²) < 4.78 is 87.1. The molecule has 8 nitrogen and oxygen atoms in total. The number of alkyl halides is 6. The molecule has 4 saturated heterocycles. The first-order valence-corrected chi connectivity index (χ1v) is 15.5. The van der Waals surface area contributed by atoms with Crippen molar-refractivity contribution in [3.8, 4) is 0 Å². The Balaban J connectivity index is 1.22. The number of esters is 1. The number of nitrogens with zero attached hydrogens (tertiary/aromatic N) is 4. The molecule has 4 aliphatic rings. The van der Waals surface area contributed by atoms with Crippen molar-refractivity contribution >= 4 is 17.7 Å². The zero-order valence-electron chi connectivity index (χ0n) is 26.1. The second-order valence-electron chi connectivity index (χ2n) is 13.9. The number of halogens is 6. The van der Waals surface area contributed by atoms with E-state index in [1.807, 2.05) is 27.7 Å². The van der Waals surface area contributed by atoms with Crippen molar-refractivity contribution in [1.29, 1.82) is 0 Å². The highest BCUT2D eigenvalue weighted by molar-refractivity contribution is 5.72. The molecule has 45 heavy (non-hydrogen) atoms. The van der Waals surface area contributed by atoms with E-state index in [0.717, 1.165) is 60.6 Å². The van der Waals surface area contributed by atoms with Crippen LogP contribution in [0.4, 0.5) is 36.8 Å². The Morgan fingerprint density at radius 1 is 0.956 bits per heavy atom. The molecule has 0 aromatic heterocycles.